The molecule has 0 saturated heterocycles. The summed E-state index contributed by atoms with van der Waals surface area (Å²) in [7, 11) is 5.76. The summed E-state index contributed by atoms with van der Waals surface area (Å²) in [5.41, 5.74) is 1.31. The minimum Gasteiger partial charge on any atom is -0.388 e. The second-order valence-corrected chi connectivity index (χ2v) is 4.32. The molecule has 1 aromatic rings. The van der Waals surface area contributed by atoms with Gasteiger partial charge in [-0.05, 0) is 33.2 Å². The van der Waals surface area contributed by atoms with Gasteiger partial charge in [0.1, 0.15) is 5.69 Å². The monoisotopic (exact) mass is 236 g/mol. The molecule has 0 radical (unpaired) electrons. The smallest absolute Gasteiger partial charge is 0.270 e. The fraction of sp³-hybridized carbons (Fsp3) is 0.500. The van der Waals surface area contributed by atoms with Crippen LogP contribution in [0.5, 0.6) is 0 Å². The van der Waals surface area contributed by atoms with Gasteiger partial charge in [0.2, 0.25) is 0 Å². The van der Waals surface area contributed by atoms with Crippen molar-refractivity contribution in [3.63, 3.8) is 0 Å². The van der Waals surface area contributed by atoms with Gasteiger partial charge in [0, 0.05) is 31.5 Å². The number of carbonyl (C=O) groups is 1. The second-order valence-electron chi connectivity index (χ2n) is 4.32. The van der Waals surface area contributed by atoms with Crippen molar-refractivity contribution in [3.05, 3.63) is 24.0 Å². The molecule has 1 amide bonds. The highest BCUT2D eigenvalue weighted by molar-refractivity contribution is 5.93. The Morgan fingerprint density at radius 2 is 2.24 bits per heavy atom. The lowest BCUT2D eigenvalue weighted by Crippen LogP contribution is -2.39. The van der Waals surface area contributed by atoms with Crippen LogP contribution in [0, 0.1) is 0 Å². The van der Waals surface area contributed by atoms with Crippen molar-refractivity contribution >= 4 is 11.6 Å². The van der Waals surface area contributed by atoms with Crippen LogP contribution in [0.15, 0.2) is 18.3 Å². The standard InChI is InChI=1S/C12H20N4O/c1-9(8-16(3)4)15-12(17)11-7-10(13-2)5-6-14-11/h5-7,9H,8H2,1-4H3,(H,13,14)(H,15,17). The van der Waals surface area contributed by atoms with E-state index >= 15 is 0 Å². The summed E-state index contributed by atoms with van der Waals surface area (Å²) in [6.45, 7) is 2.78. The molecule has 17 heavy (non-hydrogen) atoms. The van der Waals surface area contributed by atoms with Gasteiger partial charge in [-0.3, -0.25) is 9.78 Å². The molecule has 0 spiro atoms. The fourth-order valence-electron chi connectivity index (χ4n) is 1.60. The predicted molar refractivity (Wildman–Crippen MR) is 69.3 cm³/mol. The number of aromatic nitrogens is 1. The van der Waals surface area contributed by atoms with Crippen LogP contribution < -0.4 is 10.6 Å². The zero-order valence-corrected chi connectivity index (χ0v) is 10.8. The van der Waals surface area contributed by atoms with E-state index in [1.165, 1.54) is 0 Å². The molecule has 0 bridgehead atoms. The summed E-state index contributed by atoms with van der Waals surface area (Å²) in [6.07, 6.45) is 1.62. The second kappa shape index (κ2) is 6.20. The quantitative estimate of drug-likeness (QED) is 0.794. The highest BCUT2D eigenvalue weighted by Crippen LogP contribution is 2.06. The molecular formula is C12H20N4O. The topological polar surface area (TPSA) is 57.3 Å². The Morgan fingerprint density at radius 1 is 1.53 bits per heavy atom. The van der Waals surface area contributed by atoms with Crippen LogP contribution in [0.4, 0.5) is 5.69 Å². The Bertz CT molecular complexity index is 379. The number of anilines is 1. The van der Waals surface area contributed by atoms with Crippen molar-refractivity contribution in [2.45, 2.75) is 13.0 Å². The van der Waals surface area contributed by atoms with Gasteiger partial charge in [0.15, 0.2) is 0 Å². The van der Waals surface area contributed by atoms with Gasteiger partial charge in [-0.15, -0.1) is 0 Å². The van der Waals surface area contributed by atoms with Crippen LogP contribution in [0.25, 0.3) is 0 Å². The first-order chi connectivity index (χ1) is 8.02. The molecule has 0 saturated carbocycles. The van der Waals surface area contributed by atoms with Crippen molar-refractivity contribution < 1.29 is 4.79 Å². The van der Waals surface area contributed by atoms with Crippen molar-refractivity contribution in [1.82, 2.24) is 15.2 Å². The van der Waals surface area contributed by atoms with Gasteiger partial charge in [-0.1, -0.05) is 0 Å². The number of hydrogen-bond donors (Lipinski definition) is 2. The molecule has 0 aliphatic rings. The Hall–Kier alpha value is -1.62. The molecule has 0 fully saturated rings. The lowest BCUT2D eigenvalue weighted by atomic mass is 10.2. The maximum Gasteiger partial charge on any atom is 0.270 e. The van der Waals surface area contributed by atoms with E-state index in [1.54, 1.807) is 12.3 Å². The van der Waals surface area contributed by atoms with E-state index < -0.39 is 0 Å². The lowest BCUT2D eigenvalue weighted by molar-refractivity contribution is 0.0929. The number of hydrogen-bond acceptors (Lipinski definition) is 4. The average Bonchev–Trinajstić information content (AvgIpc) is 2.27. The maximum atomic E-state index is 11.9. The molecule has 1 atom stereocenters. The molecule has 1 rings (SSSR count). The third kappa shape index (κ3) is 4.40. The number of pyridine rings is 1. The Kier molecular flexibility index (Phi) is 4.90. The molecule has 5 heteroatoms. The van der Waals surface area contributed by atoms with E-state index in [0.29, 0.717) is 5.69 Å². The first-order valence-electron chi connectivity index (χ1n) is 5.62. The molecule has 0 aliphatic heterocycles. The summed E-state index contributed by atoms with van der Waals surface area (Å²) < 4.78 is 0. The highest BCUT2D eigenvalue weighted by atomic mass is 16.1. The van der Waals surface area contributed by atoms with E-state index in [1.807, 2.05) is 39.0 Å². The highest BCUT2D eigenvalue weighted by Gasteiger charge is 2.11. The predicted octanol–water partition coefficient (Wildman–Crippen LogP) is 0.803. The summed E-state index contributed by atoms with van der Waals surface area (Å²) >= 11 is 0. The normalized spacial score (nSPS) is 12.3. The molecule has 2 N–H and O–H groups in total. The number of nitrogens with one attached hydrogen (secondary N) is 2. The van der Waals surface area contributed by atoms with Crippen molar-refractivity contribution in [3.8, 4) is 0 Å². The van der Waals surface area contributed by atoms with E-state index in [0.717, 1.165) is 12.2 Å². The average molecular weight is 236 g/mol. The van der Waals surface area contributed by atoms with Gasteiger partial charge < -0.3 is 15.5 Å². The van der Waals surface area contributed by atoms with Crippen LogP contribution in [-0.4, -0.2) is 49.5 Å². The molecule has 5 nitrogen and oxygen atoms in total. The Labute approximate surface area is 102 Å². The van der Waals surface area contributed by atoms with Crippen molar-refractivity contribution in [2.75, 3.05) is 33.0 Å². The van der Waals surface area contributed by atoms with E-state index in [4.69, 9.17) is 0 Å². The summed E-state index contributed by atoms with van der Waals surface area (Å²) in [6, 6.07) is 3.65. The van der Waals surface area contributed by atoms with Gasteiger partial charge in [-0.25, -0.2) is 0 Å². The minimum absolute atomic E-state index is 0.0949. The van der Waals surface area contributed by atoms with E-state index in [-0.39, 0.29) is 11.9 Å². The third-order valence-electron chi connectivity index (χ3n) is 2.30. The number of amides is 1. The Morgan fingerprint density at radius 3 is 2.82 bits per heavy atom. The number of nitrogens with zero attached hydrogens (tertiary/aromatic N) is 2. The van der Waals surface area contributed by atoms with Crippen LogP contribution in [-0.2, 0) is 0 Å². The lowest BCUT2D eigenvalue weighted by Gasteiger charge is -2.18. The zero-order valence-electron chi connectivity index (χ0n) is 10.8. The van der Waals surface area contributed by atoms with Crippen LogP contribution in [0.2, 0.25) is 0 Å². The third-order valence-corrected chi connectivity index (χ3v) is 2.30. The van der Waals surface area contributed by atoms with Gasteiger partial charge in [0.25, 0.3) is 5.91 Å². The summed E-state index contributed by atoms with van der Waals surface area (Å²) in [4.78, 5) is 18.0. The van der Waals surface area contributed by atoms with Gasteiger partial charge in [0.05, 0.1) is 0 Å². The van der Waals surface area contributed by atoms with Crippen LogP contribution in [0.3, 0.4) is 0 Å². The molecule has 1 unspecified atom stereocenters. The first kappa shape index (κ1) is 13.4. The molecular weight excluding hydrogens is 216 g/mol. The molecule has 0 aliphatic carbocycles. The molecule has 1 aromatic heterocycles. The maximum absolute atomic E-state index is 11.9. The SMILES string of the molecule is CNc1ccnc(C(=O)NC(C)CN(C)C)c1. The number of carbonyl (C=O) groups excluding carboxylic acids is 1. The number of likely N-dealkylation sites (N-methyl/N-ethyl adjacent to an activating group) is 1. The van der Waals surface area contributed by atoms with E-state index in [9.17, 15) is 4.79 Å². The van der Waals surface area contributed by atoms with Crippen molar-refractivity contribution in [1.29, 1.82) is 0 Å². The largest absolute Gasteiger partial charge is 0.388 e. The summed E-state index contributed by atoms with van der Waals surface area (Å²) in [5.74, 6) is -0.142. The van der Waals surface area contributed by atoms with Crippen LogP contribution in [0.1, 0.15) is 17.4 Å². The first-order valence-corrected chi connectivity index (χ1v) is 5.62. The molecule has 0 aromatic carbocycles. The summed E-state index contributed by atoms with van der Waals surface area (Å²) in [5, 5.41) is 5.89. The minimum atomic E-state index is -0.142. The zero-order chi connectivity index (χ0) is 12.8. The molecule has 94 valence electrons. The Balaban J connectivity index is 2.63. The van der Waals surface area contributed by atoms with Gasteiger partial charge in [-0.2, -0.15) is 0 Å². The van der Waals surface area contributed by atoms with Crippen molar-refractivity contribution in [2.24, 2.45) is 0 Å². The van der Waals surface area contributed by atoms with E-state index in [2.05, 4.69) is 15.6 Å². The fourth-order valence-corrected chi connectivity index (χ4v) is 1.60. The number of rotatable bonds is 5. The van der Waals surface area contributed by atoms with Crippen LogP contribution >= 0.6 is 0 Å². The molecule has 1 heterocycles. The van der Waals surface area contributed by atoms with Gasteiger partial charge >= 0.3 is 0 Å².